The maximum atomic E-state index is 12.2. The molecule has 0 aliphatic carbocycles. The van der Waals surface area contributed by atoms with E-state index in [0.717, 1.165) is 27.3 Å². The van der Waals surface area contributed by atoms with Crippen LogP contribution in [0.2, 0.25) is 0 Å². The molecule has 5 nitrogen and oxygen atoms in total. The first-order valence-corrected chi connectivity index (χ1v) is 6.82. The van der Waals surface area contributed by atoms with Gasteiger partial charge in [-0.15, -0.1) is 11.3 Å². The third-order valence-electron chi connectivity index (χ3n) is 3.24. The minimum Gasteiger partial charge on any atom is -0.342 e. The van der Waals surface area contributed by atoms with Gasteiger partial charge in [0.25, 0.3) is 5.91 Å². The van der Waals surface area contributed by atoms with Crippen LogP contribution in [-0.2, 0) is 7.05 Å². The molecule has 3 aromatic rings. The Hall–Kier alpha value is -2.08. The summed E-state index contributed by atoms with van der Waals surface area (Å²) >= 11 is 1.59. The van der Waals surface area contributed by atoms with E-state index in [4.69, 9.17) is 0 Å². The summed E-state index contributed by atoms with van der Waals surface area (Å²) in [6.45, 7) is 3.82. The van der Waals surface area contributed by atoms with Crippen LogP contribution in [0.4, 0.5) is 5.69 Å². The van der Waals surface area contributed by atoms with Gasteiger partial charge in [-0.3, -0.25) is 9.48 Å². The summed E-state index contributed by atoms with van der Waals surface area (Å²) in [6, 6.07) is 3.86. The van der Waals surface area contributed by atoms with E-state index in [1.165, 1.54) is 0 Å². The van der Waals surface area contributed by atoms with Crippen LogP contribution in [-0.4, -0.2) is 20.7 Å². The summed E-state index contributed by atoms with van der Waals surface area (Å²) in [5, 5.41) is 10.3. The van der Waals surface area contributed by atoms with Crippen LogP contribution in [0.1, 0.15) is 21.9 Å². The van der Waals surface area contributed by atoms with Gasteiger partial charge in [-0.25, -0.2) is 0 Å². The second-order valence-corrected chi connectivity index (χ2v) is 5.43. The Kier molecular flexibility index (Phi) is 2.67. The molecule has 6 heteroatoms. The van der Waals surface area contributed by atoms with Crippen LogP contribution >= 0.6 is 11.3 Å². The number of nitrogens with zero attached hydrogens (tertiary/aromatic N) is 2. The fourth-order valence-corrected chi connectivity index (χ4v) is 2.89. The highest BCUT2D eigenvalue weighted by atomic mass is 32.1. The number of hydrogen-bond acceptors (Lipinski definition) is 3. The minimum absolute atomic E-state index is 0.136. The summed E-state index contributed by atoms with van der Waals surface area (Å²) < 4.78 is 1.76. The molecule has 1 amide bonds. The van der Waals surface area contributed by atoms with Crippen molar-refractivity contribution in [1.82, 2.24) is 14.8 Å². The Bertz CT molecular complexity index is 736. The summed E-state index contributed by atoms with van der Waals surface area (Å²) in [5.74, 6) is -0.136. The van der Waals surface area contributed by atoms with E-state index in [0.29, 0.717) is 5.69 Å². The molecule has 0 spiro atoms. The van der Waals surface area contributed by atoms with Crippen LogP contribution in [0.25, 0.3) is 10.2 Å². The van der Waals surface area contributed by atoms with Crippen molar-refractivity contribution in [2.75, 3.05) is 5.32 Å². The molecule has 0 fully saturated rings. The van der Waals surface area contributed by atoms with E-state index >= 15 is 0 Å². The highest BCUT2D eigenvalue weighted by Crippen LogP contribution is 2.23. The zero-order valence-electron chi connectivity index (χ0n) is 10.9. The number of thiophene rings is 1. The number of carbonyl (C=O) groups is 1. The Balaban J connectivity index is 1.90. The fourth-order valence-electron chi connectivity index (χ4n) is 2.11. The minimum atomic E-state index is -0.136. The van der Waals surface area contributed by atoms with Gasteiger partial charge >= 0.3 is 0 Å². The monoisotopic (exact) mass is 274 g/mol. The van der Waals surface area contributed by atoms with Gasteiger partial charge in [0.15, 0.2) is 0 Å². The molecule has 0 atom stereocenters. The molecule has 0 unspecified atom stereocenters. The first-order valence-electron chi connectivity index (χ1n) is 5.94. The Labute approximate surface area is 114 Å². The maximum Gasteiger partial charge on any atom is 0.272 e. The van der Waals surface area contributed by atoms with Crippen LogP contribution in [0.3, 0.4) is 0 Å². The number of aromatic amines is 1. The van der Waals surface area contributed by atoms with Gasteiger partial charge in [0.05, 0.1) is 17.1 Å². The number of rotatable bonds is 2. The van der Waals surface area contributed by atoms with Gasteiger partial charge in [0.2, 0.25) is 0 Å². The quantitative estimate of drug-likeness (QED) is 0.754. The molecule has 19 heavy (non-hydrogen) atoms. The molecule has 2 N–H and O–H groups in total. The first-order chi connectivity index (χ1) is 9.06. The van der Waals surface area contributed by atoms with Crippen LogP contribution in [0, 0.1) is 13.8 Å². The van der Waals surface area contributed by atoms with Crippen molar-refractivity contribution in [2.24, 2.45) is 7.05 Å². The number of fused-ring (bicyclic) bond motifs is 1. The van der Waals surface area contributed by atoms with E-state index in [1.807, 2.05) is 38.4 Å². The van der Waals surface area contributed by atoms with E-state index in [2.05, 4.69) is 15.4 Å². The smallest absolute Gasteiger partial charge is 0.272 e. The van der Waals surface area contributed by atoms with E-state index in [9.17, 15) is 4.79 Å². The average molecular weight is 274 g/mol. The molecule has 98 valence electrons. The number of H-pyrrole nitrogens is 1. The number of aromatic nitrogens is 3. The first kappa shape index (κ1) is 12.0. The zero-order valence-corrected chi connectivity index (χ0v) is 11.8. The van der Waals surface area contributed by atoms with Crippen LogP contribution < -0.4 is 5.32 Å². The van der Waals surface area contributed by atoms with Crippen molar-refractivity contribution in [3.8, 4) is 0 Å². The molecule has 0 aromatic carbocycles. The third-order valence-corrected chi connectivity index (χ3v) is 4.08. The summed E-state index contributed by atoms with van der Waals surface area (Å²) in [5.41, 5.74) is 3.12. The molecule has 0 bridgehead atoms. The lowest BCUT2D eigenvalue weighted by Gasteiger charge is -2.03. The molecule has 0 saturated heterocycles. The molecule has 3 aromatic heterocycles. The van der Waals surface area contributed by atoms with Gasteiger partial charge in [-0.1, -0.05) is 0 Å². The molecule has 3 heterocycles. The predicted molar refractivity (Wildman–Crippen MR) is 76.8 cm³/mol. The predicted octanol–water partition coefficient (Wildman–Crippen LogP) is 2.83. The van der Waals surface area contributed by atoms with Crippen LogP contribution in [0.5, 0.6) is 0 Å². The van der Waals surface area contributed by atoms with Gasteiger partial charge in [-0.05, 0) is 31.4 Å². The van der Waals surface area contributed by atoms with Gasteiger partial charge in [0.1, 0.15) is 10.5 Å². The largest absolute Gasteiger partial charge is 0.342 e. The van der Waals surface area contributed by atoms with Crippen molar-refractivity contribution < 1.29 is 4.79 Å². The summed E-state index contributed by atoms with van der Waals surface area (Å²) in [6.07, 6.45) is 0. The number of anilines is 1. The lowest BCUT2D eigenvalue weighted by Crippen LogP contribution is -2.13. The Morgan fingerprint density at radius 1 is 1.47 bits per heavy atom. The number of nitrogens with one attached hydrogen (secondary N) is 2. The topological polar surface area (TPSA) is 62.7 Å². The maximum absolute atomic E-state index is 12.2. The van der Waals surface area contributed by atoms with E-state index in [1.54, 1.807) is 16.0 Å². The standard InChI is InChI=1S/C13H14N4OS/c1-7-11(8(2)17(3)16-7)15-12(18)10-6-9-4-5-19-13(9)14-10/h4-6,14H,1-3H3,(H,15,18). The molecular weight excluding hydrogens is 260 g/mol. The van der Waals surface area contributed by atoms with Crippen molar-refractivity contribution in [1.29, 1.82) is 0 Å². The number of hydrogen-bond donors (Lipinski definition) is 2. The second-order valence-electron chi connectivity index (χ2n) is 4.51. The number of amides is 1. The summed E-state index contributed by atoms with van der Waals surface area (Å²) in [7, 11) is 1.86. The number of carbonyl (C=O) groups excluding carboxylic acids is 1. The highest BCUT2D eigenvalue weighted by molar-refractivity contribution is 7.16. The molecule has 3 rings (SSSR count). The average Bonchev–Trinajstić information content (AvgIpc) is 2.99. The summed E-state index contributed by atoms with van der Waals surface area (Å²) in [4.78, 5) is 16.4. The van der Waals surface area contributed by atoms with Crippen LogP contribution in [0.15, 0.2) is 17.5 Å². The lowest BCUT2D eigenvalue weighted by atomic mass is 10.3. The molecule has 0 radical (unpaired) electrons. The van der Waals surface area contributed by atoms with E-state index in [-0.39, 0.29) is 5.91 Å². The normalized spacial score (nSPS) is 11.1. The van der Waals surface area contributed by atoms with Gasteiger partial charge < -0.3 is 10.3 Å². The molecule has 0 aliphatic rings. The Morgan fingerprint density at radius 3 is 2.89 bits per heavy atom. The second kappa shape index (κ2) is 4.24. The van der Waals surface area contributed by atoms with Gasteiger partial charge in [-0.2, -0.15) is 5.10 Å². The highest BCUT2D eigenvalue weighted by Gasteiger charge is 2.15. The Morgan fingerprint density at radius 2 is 2.26 bits per heavy atom. The van der Waals surface area contributed by atoms with Crippen molar-refractivity contribution >= 4 is 33.1 Å². The SMILES string of the molecule is Cc1nn(C)c(C)c1NC(=O)c1cc2ccsc2[nH]1. The van der Waals surface area contributed by atoms with Crippen molar-refractivity contribution in [3.63, 3.8) is 0 Å². The molecule has 0 aliphatic heterocycles. The van der Waals surface area contributed by atoms with Gasteiger partial charge in [0, 0.05) is 12.4 Å². The lowest BCUT2D eigenvalue weighted by molar-refractivity contribution is 0.102. The number of aryl methyl sites for hydroxylation is 2. The molecular formula is C13H14N4OS. The fraction of sp³-hybridized carbons (Fsp3) is 0.231. The van der Waals surface area contributed by atoms with Crippen molar-refractivity contribution in [3.05, 3.63) is 34.6 Å². The third kappa shape index (κ3) is 1.94. The zero-order chi connectivity index (χ0) is 13.6. The van der Waals surface area contributed by atoms with Crippen molar-refractivity contribution in [2.45, 2.75) is 13.8 Å². The van der Waals surface area contributed by atoms with E-state index < -0.39 is 0 Å². The molecule has 0 saturated carbocycles.